The Morgan fingerprint density at radius 2 is 1.92 bits per heavy atom. The lowest BCUT2D eigenvalue weighted by atomic mass is 10.1. The van der Waals surface area contributed by atoms with Crippen LogP contribution in [0.3, 0.4) is 0 Å². The predicted octanol–water partition coefficient (Wildman–Crippen LogP) is 3.75. The number of rotatable bonds is 3. The average Bonchev–Trinajstić information content (AvgIpc) is 2.63. The topological polar surface area (TPSA) is 41.9 Å². The number of aromatic nitrogens is 3. The molecular formula is C19H17ClN4. The summed E-state index contributed by atoms with van der Waals surface area (Å²) < 4.78 is 0. The van der Waals surface area contributed by atoms with Crippen molar-refractivity contribution in [2.75, 3.05) is 6.54 Å². The Morgan fingerprint density at radius 3 is 2.71 bits per heavy atom. The summed E-state index contributed by atoms with van der Waals surface area (Å²) >= 11 is 5.96. The second-order valence-corrected chi connectivity index (χ2v) is 6.39. The van der Waals surface area contributed by atoms with Crippen LogP contribution in [0.2, 0.25) is 5.02 Å². The maximum Gasteiger partial charge on any atom is 0.159 e. The fourth-order valence-electron chi connectivity index (χ4n) is 2.95. The minimum absolute atomic E-state index is 0.721. The van der Waals surface area contributed by atoms with Crippen LogP contribution >= 0.6 is 11.6 Å². The van der Waals surface area contributed by atoms with E-state index in [1.165, 1.54) is 5.56 Å². The molecule has 0 atom stereocenters. The zero-order valence-corrected chi connectivity index (χ0v) is 13.9. The first kappa shape index (κ1) is 15.2. The van der Waals surface area contributed by atoms with E-state index in [1.54, 1.807) is 0 Å². The Morgan fingerprint density at radius 1 is 1.04 bits per heavy atom. The van der Waals surface area contributed by atoms with E-state index in [-0.39, 0.29) is 0 Å². The van der Waals surface area contributed by atoms with Crippen molar-refractivity contribution in [1.82, 2.24) is 19.9 Å². The third-order valence-electron chi connectivity index (χ3n) is 4.24. The summed E-state index contributed by atoms with van der Waals surface area (Å²) in [5.41, 5.74) is 4.43. The Bertz CT molecular complexity index is 834. The van der Waals surface area contributed by atoms with Crippen LogP contribution < -0.4 is 0 Å². The molecule has 0 radical (unpaired) electrons. The number of nitrogens with zero attached hydrogens (tertiary/aromatic N) is 4. The zero-order chi connectivity index (χ0) is 16.4. The molecule has 120 valence electrons. The van der Waals surface area contributed by atoms with Gasteiger partial charge in [0.1, 0.15) is 0 Å². The summed E-state index contributed by atoms with van der Waals surface area (Å²) in [5, 5.41) is 0.721. The Balaban J connectivity index is 1.56. The van der Waals surface area contributed by atoms with Crippen LogP contribution in [0, 0.1) is 0 Å². The van der Waals surface area contributed by atoms with Gasteiger partial charge in [0.05, 0.1) is 11.4 Å². The lowest BCUT2D eigenvalue weighted by Crippen LogP contribution is -2.31. The molecule has 5 heteroatoms. The van der Waals surface area contributed by atoms with E-state index in [1.807, 2.05) is 48.8 Å². The molecule has 0 fully saturated rings. The molecule has 4 rings (SSSR count). The summed E-state index contributed by atoms with van der Waals surface area (Å²) in [6.45, 7) is 2.68. The van der Waals surface area contributed by atoms with E-state index in [0.717, 1.165) is 53.9 Å². The highest BCUT2D eigenvalue weighted by molar-refractivity contribution is 6.30. The van der Waals surface area contributed by atoms with Gasteiger partial charge in [0.2, 0.25) is 0 Å². The standard InChI is InChI=1S/C19H17ClN4/c20-16-6-4-14(5-7-16)19-22-11-15-8-10-24(13-18(15)23-19)12-17-3-1-2-9-21-17/h1-7,9,11H,8,10,12-13H2. The van der Waals surface area contributed by atoms with Crippen molar-refractivity contribution in [3.05, 3.63) is 76.8 Å². The number of fused-ring (bicyclic) bond motifs is 1. The molecule has 1 aromatic carbocycles. The van der Waals surface area contributed by atoms with Gasteiger partial charge >= 0.3 is 0 Å². The molecule has 0 amide bonds. The Labute approximate surface area is 146 Å². The van der Waals surface area contributed by atoms with E-state index in [2.05, 4.69) is 20.9 Å². The first-order valence-corrected chi connectivity index (χ1v) is 8.39. The van der Waals surface area contributed by atoms with Gasteiger partial charge in [-0.25, -0.2) is 9.97 Å². The second-order valence-electron chi connectivity index (χ2n) is 5.95. The van der Waals surface area contributed by atoms with Crippen molar-refractivity contribution in [1.29, 1.82) is 0 Å². The highest BCUT2D eigenvalue weighted by Gasteiger charge is 2.19. The van der Waals surface area contributed by atoms with E-state index in [9.17, 15) is 0 Å². The number of pyridine rings is 1. The third-order valence-corrected chi connectivity index (χ3v) is 4.49. The third kappa shape index (κ3) is 3.30. The van der Waals surface area contributed by atoms with Crippen LogP contribution in [0.5, 0.6) is 0 Å². The van der Waals surface area contributed by atoms with E-state index < -0.39 is 0 Å². The van der Waals surface area contributed by atoms with Gasteiger partial charge in [-0.15, -0.1) is 0 Å². The molecule has 24 heavy (non-hydrogen) atoms. The SMILES string of the molecule is Clc1ccc(-c2ncc3c(n2)CN(Cc2ccccn2)CC3)cc1. The van der Waals surface area contributed by atoms with Crippen molar-refractivity contribution >= 4 is 11.6 Å². The van der Waals surface area contributed by atoms with Crippen LogP contribution in [0.25, 0.3) is 11.4 Å². The van der Waals surface area contributed by atoms with Crippen LogP contribution in [-0.4, -0.2) is 26.4 Å². The largest absolute Gasteiger partial charge is 0.291 e. The van der Waals surface area contributed by atoms with Crippen LogP contribution in [-0.2, 0) is 19.5 Å². The monoisotopic (exact) mass is 336 g/mol. The number of halogens is 1. The Kier molecular flexibility index (Phi) is 4.24. The Hall–Kier alpha value is -2.30. The summed E-state index contributed by atoms with van der Waals surface area (Å²) in [4.78, 5) is 16.1. The van der Waals surface area contributed by atoms with E-state index in [4.69, 9.17) is 16.6 Å². The van der Waals surface area contributed by atoms with Gasteiger partial charge < -0.3 is 0 Å². The smallest absolute Gasteiger partial charge is 0.159 e. The molecule has 0 unspecified atom stereocenters. The molecule has 0 saturated heterocycles. The van der Waals surface area contributed by atoms with Gasteiger partial charge in [0, 0.05) is 42.6 Å². The molecule has 1 aliphatic heterocycles. The fourth-order valence-corrected chi connectivity index (χ4v) is 3.08. The molecule has 0 N–H and O–H groups in total. The van der Waals surface area contributed by atoms with Crippen molar-refractivity contribution in [2.24, 2.45) is 0 Å². The maximum atomic E-state index is 5.96. The molecular weight excluding hydrogens is 320 g/mol. The van der Waals surface area contributed by atoms with Crippen LogP contribution in [0.1, 0.15) is 17.0 Å². The van der Waals surface area contributed by atoms with Crippen LogP contribution in [0.15, 0.2) is 54.9 Å². The van der Waals surface area contributed by atoms with Crippen molar-refractivity contribution in [3.63, 3.8) is 0 Å². The minimum Gasteiger partial charge on any atom is -0.291 e. The van der Waals surface area contributed by atoms with Crippen molar-refractivity contribution in [3.8, 4) is 11.4 Å². The highest BCUT2D eigenvalue weighted by Crippen LogP contribution is 2.23. The van der Waals surface area contributed by atoms with Gasteiger partial charge in [-0.2, -0.15) is 0 Å². The predicted molar refractivity (Wildman–Crippen MR) is 94.5 cm³/mol. The minimum atomic E-state index is 0.721. The fraction of sp³-hybridized carbons (Fsp3) is 0.211. The lowest BCUT2D eigenvalue weighted by Gasteiger charge is -2.27. The second kappa shape index (κ2) is 6.67. The van der Waals surface area contributed by atoms with E-state index in [0.29, 0.717) is 0 Å². The van der Waals surface area contributed by atoms with Gasteiger partial charge in [-0.3, -0.25) is 9.88 Å². The molecule has 0 spiro atoms. The molecule has 4 nitrogen and oxygen atoms in total. The van der Waals surface area contributed by atoms with Crippen molar-refractivity contribution in [2.45, 2.75) is 19.5 Å². The van der Waals surface area contributed by atoms with Gasteiger partial charge in [-0.1, -0.05) is 17.7 Å². The zero-order valence-electron chi connectivity index (χ0n) is 13.2. The summed E-state index contributed by atoms with van der Waals surface area (Å²) in [6, 6.07) is 13.7. The maximum absolute atomic E-state index is 5.96. The first-order chi connectivity index (χ1) is 11.8. The quantitative estimate of drug-likeness (QED) is 0.730. The van der Waals surface area contributed by atoms with Gasteiger partial charge in [0.15, 0.2) is 5.82 Å². The molecule has 1 aliphatic rings. The summed E-state index contributed by atoms with van der Waals surface area (Å²) in [6.07, 6.45) is 4.78. The molecule has 0 bridgehead atoms. The summed E-state index contributed by atoms with van der Waals surface area (Å²) in [5.74, 6) is 0.755. The number of hydrogen-bond acceptors (Lipinski definition) is 4. The molecule has 3 aromatic rings. The number of hydrogen-bond donors (Lipinski definition) is 0. The lowest BCUT2D eigenvalue weighted by molar-refractivity contribution is 0.238. The average molecular weight is 337 g/mol. The molecule has 0 aliphatic carbocycles. The van der Waals surface area contributed by atoms with Gasteiger partial charge in [-0.05, 0) is 48.4 Å². The van der Waals surface area contributed by atoms with Gasteiger partial charge in [0.25, 0.3) is 0 Å². The summed E-state index contributed by atoms with van der Waals surface area (Å²) in [7, 11) is 0. The van der Waals surface area contributed by atoms with Crippen molar-refractivity contribution < 1.29 is 0 Å². The number of benzene rings is 1. The first-order valence-electron chi connectivity index (χ1n) is 8.01. The molecule has 2 aromatic heterocycles. The molecule has 3 heterocycles. The molecule has 0 saturated carbocycles. The van der Waals surface area contributed by atoms with Crippen LogP contribution in [0.4, 0.5) is 0 Å². The normalized spacial score (nSPS) is 14.4. The highest BCUT2D eigenvalue weighted by atomic mass is 35.5. The van der Waals surface area contributed by atoms with E-state index >= 15 is 0 Å².